The number of hydrogen-bond acceptors (Lipinski definition) is 3. The van der Waals surface area contributed by atoms with Crippen LogP contribution in [0.25, 0.3) is 0 Å². The van der Waals surface area contributed by atoms with Crippen molar-refractivity contribution in [2.24, 2.45) is 0 Å². The van der Waals surface area contributed by atoms with Gasteiger partial charge in [0.2, 0.25) is 0 Å². The predicted molar refractivity (Wildman–Crippen MR) is 103 cm³/mol. The Kier molecular flexibility index (Phi) is 4.46. The molecular weight excluding hydrogens is 326 g/mol. The molecule has 0 N–H and O–H groups in total. The van der Waals surface area contributed by atoms with E-state index in [4.69, 9.17) is 0 Å². The standard InChI is InChI=1S/C21H25N3S/c1-21(2,18-12-14-25-15-18)20-23-22-19(17-9-6-10-17)24(20)13-11-16-7-4-3-5-8-16/h3-5,7-8,12,14-15,17H,6,9-11,13H2,1-2H3. The summed E-state index contributed by atoms with van der Waals surface area (Å²) in [7, 11) is 0. The van der Waals surface area contributed by atoms with E-state index in [1.165, 1.54) is 36.2 Å². The molecule has 1 fully saturated rings. The van der Waals surface area contributed by atoms with E-state index < -0.39 is 0 Å². The van der Waals surface area contributed by atoms with Crippen LogP contribution in [0.5, 0.6) is 0 Å². The van der Waals surface area contributed by atoms with Crippen molar-refractivity contribution in [1.29, 1.82) is 0 Å². The molecule has 4 heteroatoms. The zero-order chi connectivity index (χ0) is 17.3. The zero-order valence-corrected chi connectivity index (χ0v) is 15.8. The molecule has 0 bridgehead atoms. The molecule has 25 heavy (non-hydrogen) atoms. The van der Waals surface area contributed by atoms with Gasteiger partial charge in [0.1, 0.15) is 11.6 Å². The summed E-state index contributed by atoms with van der Waals surface area (Å²) in [5.41, 5.74) is 2.58. The van der Waals surface area contributed by atoms with E-state index >= 15 is 0 Å². The Morgan fingerprint density at radius 3 is 2.56 bits per heavy atom. The smallest absolute Gasteiger partial charge is 0.143 e. The van der Waals surface area contributed by atoms with Gasteiger partial charge in [0, 0.05) is 12.5 Å². The second-order valence-corrected chi connectivity index (χ2v) is 8.31. The van der Waals surface area contributed by atoms with E-state index in [-0.39, 0.29) is 5.41 Å². The van der Waals surface area contributed by atoms with Gasteiger partial charge in [-0.05, 0) is 61.1 Å². The second kappa shape index (κ2) is 6.75. The molecule has 3 nitrogen and oxygen atoms in total. The predicted octanol–water partition coefficient (Wildman–Crippen LogP) is 5.18. The zero-order valence-electron chi connectivity index (χ0n) is 15.0. The number of benzene rings is 1. The minimum atomic E-state index is -0.119. The van der Waals surface area contributed by atoms with Crippen molar-refractivity contribution in [2.75, 3.05) is 0 Å². The van der Waals surface area contributed by atoms with Crippen LogP contribution in [-0.4, -0.2) is 14.8 Å². The monoisotopic (exact) mass is 351 g/mol. The van der Waals surface area contributed by atoms with Gasteiger partial charge in [0.05, 0.1) is 5.41 Å². The van der Waals surface area contributed by atoms with Gasteiger partial charge in [-0.2, -0.15) is 11.3 Å². The Morgan fingerprint density at radius 1 is 1.12 bits per heavy atom. The van der Waals surface area contributed by atoms with Crippen LogP contribution in [0.4, 0.5) is 0 Å². The first-order chi connectivity index (χ1) is 12.2. The van der Waals surface area contributed by atoms with Crippen LogP contribution in [0.3, 0.4) is 0 Å². The highest BCUT2D eigenvalue weighted by molar-refractivity contribution is 7.08. The normalized spacial score (nSPS) is 15.3. The molecule has 0 amide bonds. The second-order valence-electron chi connectivity index (χ2n) is 7.53. The maximum Gasteiger partial charge on any atom is 0.143 e. The Balaban J connectivity index is 1.68. The summed E-state index contributed by atoms with van der Waals surface area (Å²) in [6.45, 7) is 5.48. The maximum absolute atomic E-state index is 4.68. The van der Waals surface area contributed by atoms with Gasteiger partial charge in [-0.3, -0.25) is 0 Å². The van der Waals surface area contributed by atoms with E-state index in [0.29, 0.717) is 5.92 Å². The largest absolute Gasteiger partial charge is 0.314 e. The molecule has 0 atom stereocenters. The maximum atomic E-state index is 4.68. The SMILES string of the molecule is CC(C)(c1ccsc1)c1nnc(C2CCC2)n1CCc1ccccc1. The molecular formula is C21H25N3S. The summed E-state index contributed by atoms with van der Waals surface area (Å²) in [6, 6.07) is 12.9. The van der Waals surface area contributed by atoms with Gasteiger partial charge < -0.3 is 4.57 Å². The number of thiophene rings is 1. The first-order valence-electron chi connectivity index (χ1n) is 9.16. The fourth-order valence-electron chi connectivity index (χ4n) is 3.60. The van der Waals surface area contributed by atoms with E-state index in [1.54, 1.807) is 11.3 Å². The van der Waals surface area contributed by atoms with Crippen LogP contribution in [0.1, 0.15) is 61.8 Å². The third-order valence-electron chi connectivity index (χ3n) is 5.52. The molecule has 0 saturated heterocycles. The highest BCUT2D eigenvalue weighted by Crippen LogP contribution is 2.38. The third kappa shape index (κ3) is 3.15. The number of rotatable bonds is 6. The summed E-state index contributed by atoms with van der Waals surface area (Å²) in [4.78, 5) is 0. The molecule has 0 radical (unpaired) electrons. The van der Waals surface area contributed by atoms with Gasteiger partial charge in [0.15, 0.2) is 0 Å². The van der Waals surface area contributed by atoms with Crippen LogP contribution < -0.4 is 0 Å². The third-order valence-corrected chi connectivity index (χ3v) is 6.20. The molecule has 4 rings (SSSR count). The topological polar surface area (TPSA) is 30.7 Å². The lowest BCUT2D eigenvalue weighted by Crippen LogP contribution is -2.26. The Labute approximate surface area is 153 Å². The summed E-state index contributed by atoms with van der Waals surface area (Å²) in [5, 5.41) is 13.7. The molecule has 2 aromatic heterocycles. The van der Waals surface area contributed by atoms with Crippen molar-refractivity contribution in [3.8, 4) is 0 Å². The van der Waals surface area contributed by atoms with Crippen molar-refractivity contribution in [3.05, 3.63) is 69.9 Å². The van der Waals surface area contributed by atoms with Crippen LogP contribution in [0, 0.1) is 0 Å². The quantitative estimate of drug-likeness (QED) is 0.613. The molecule has 0 spiro atoms. The molecule has 3 aromatic rings. The fraction of sp³-hybridized carbons (Fsp3) is 0.429. The van der Waals surface area contributed by atoms with Crippen molar-refractivity contribution in [2.45, 2.75) is 57.4 Å². The van der Waals surface area contributed by atoms with E-state index in [9.17, 15) is 0 Å². The van der Waals surface area contributed by atoms with Crippen molar-refractivity contribution in [1.82, 2.24) is 14.8 Å². The van der Waals surface area contributed by atoms with Gasteiger partial charge in [-0.25, -0.2) is 0 Å². The Hall–Kier alpha value is -1.94. The average Bonchev–Trinajstić information content (AvgIpc) is 3.23. The van der Waals surface area contributed by atoms with Crippen LogP contribution in [0.15, 0.2) is 47.2 Å². The summed E-state index contributed by atoms with van der Waals surface area (Å²) in [5.74, 6) is 2.89. The van der Waals surface area contributed by atoms with Crippen LogP contribution >= 0.6 is 11.3 Å². The van der Waals surface area contributed by atoms with Gasteiger partial charge in [0.25, 0.3) is 0 Å². The van der Waals surface area contributed by atoms with Crippen LogP contribution in [0.2, 0.25) is 0 Å². The Bertz CT molecular complexity index is 814. The number of nitrogens with zero attached hydrogens (tertiary/aromatic N) is 3. The van der Waals surface area contributed by atoms with Gasteiger partial charge in [-0.15, -0.1) is 10.2 Å². The van der Waals surface area contributed by atoms with Crippen molar-refractivity contribution in [3.63, 3.8) is 0 Å². The summed E-state index contributed by atoms with van der Waals surface area (Å²) < 4.78 is 2.41. The Morgan fingerprint density at radius 2 is 1.92 bits per heavy atom. The van der Waals surface area contributed by atoms with E-state index in [0.717, 1.165) is 18.8 Å². The van der Waals surface area contributed by atoms with E-state index in [2.05, 4.69) is 75.8 Å². The molecule has 1 saturated carbocycles. The molecule has 0 aliphatic heterocycles. The minimum absolute atomic E-state index is 0.119. The first kappa shape index (κ1) is 16.5. The average molecular weight is 352 g/mol. The highest BCUT2D eigenvalue weighted by atomic mass is 32.1. The lowest BCUT2D eigenvalue weighted by Gasteiger charge is -2.28. The van der Waals surface area contributed by atoms with Gasteiger partial charge >= 0.3 is 0 Å². The highest BCUT2D eigenvalue weighted by Gasteiger charge is 2.33. The number of aryl methyl sites for hydroxylation is 1. The van der Waals surface area contributed by atoms with Crippen LogP contribution in [-0.2, 0) is 18.4 Å². The molecule has 130 valence electrons. The van der Waals surface area contributed by atoms with Crippen molar-refractivity contribution < 1.29 is 0 Å². The fourth-order valence-corrected chi connectivity index (χ4v) is 4.42. The molecule has 1 aliphatic carbocycles. The van der Waals surface area contributed by atoms with Crippen molar-refractivity contribution >= 4 is 11.3 Å². The van der Waals surface area contributed by atoms with Gasteiger partial charge in [-0.1, -0.05) is 36.8 Å². The molecule has 1 aromatic carbocycles. The lowest BCUT2D eigenvalue weighted by molar-refractivity contribution is 0.381. The molecule has 1 aliphatic rings. The molecule has 2 heterocycles. The lowest BCUT2D eigenvalue weighted by atomic mass is 9.83. The van der Waals surface area contributed by atoms with E-state index in [1.807, 2.05) is 0 Å². The minimum Gasteiger partial charge on any atom is -0.314 e. The first-order valence-corrected chi connectivity index (χ1v) is 10.1. The molecule has 0 unspecified atom stereocenters. The summed E-state index contributed by atoms with van der Waals surface area (Å²) >= 11 is 1.75. The summed E-state index contributed by atoms with van der Waals surface area (Å²) in [6.07, 6.45) is 4.84. The number of aromatic nitrogens is 3. The number of hydrogen-bond donors (Lipinski definition) is 0.